The van der Waals surface area contributed by atoms with E-state index in [2.05, 4.69) is 0 Å². The Labute approximate surface area is 124 Å². The molecular formula is C16H21NO4. The van der Waals surface area contributed by atoms with Gasteiger partial charge in [0.1, 0.15) is 12.6 Å². The first kappa shape index (κ1) is 15.4. The summed E-state index contributed by atoms with van der Waals surface area (Å²) in [5.41, 5.74) is 0.889. The van der Waals surface area contributed by atoms with Crippen molar-refractivity contribution >= 4 is 12.1 Å². The molecule has 1 aromatic rings. The largest absolute Gasteiger partial charge is 0.480 e. The first-order valence-electron chi connectivity index (χ1n) is 7.33. The number of rotatable bonds is 7. The molecule has 114 valence electrons. The van der Waals surface area contributed by atoms with Gasteiger partial charge in [0.25, 0.3) is 0 Å². The van der Waals surface area contributed by atoms with Crippen LogP contribution in [-0.2, 0) is 16.1 Å². The first-order valence-corrected chi connectivity index (χ1v) is 7.33. The molecule has 1 aromatic carbocycles. The zero-order valence-electron chi connectivity index (χ0n) is 12.2. The summed E-state index contributed by atoms with van der Waals surface area (Å²) in [6, 6.07) is 8.62. The maximum atomic E-state index is 12.2. The molecule has 0 spiro atoms. The molecule has 1 fully saturated rings. The van der Waals surface area contributed by atoms with Gasteiger partial charge in [0, 0.05) is 6.54 Å². The highest BCUT2D eigenvalue weighted by molar-refractivity contribution is 5.80. The van der Waals surface area contributed by atoms with E-state index in [4.69, 9.17) is 4.74 Å². The molecule has 2 rings (SSSR count). The van der Waals surface area contributed by atoms with E-state index in [9.17, 15) is 14.7 Å². The van der Waals surface area contributed by atoms with Crippen molar-refractivity contribution in [3.8, 4) is 0 Å². The highest BCUT2D eigenvalue weighted by Gasteiger charge is 2.42. The standard InChI is InChI=1S/C16H21NO4/c1-2-10-17(14(15(18)19)13-8-9-13)16(20)21-11-12-6-4-3-5-7-12/h3-7,13-14H,2,8-11H2,1H3,(H,18,19). The zero-order valence-corrected chi connectivity index (χ0v) is 12.2. The molecule has 5 nitrogen and oxygen atoms in total. The van der Waals surface area contributed by atoms with Crippen LogP contribution in [-0.4, -0.2) is 34.7 Å². The molecule has 0 saturated heterocycles. The number of carbonyl (C=O) groups excluding carboxylic acids is 1. The first-order chi connectivity index (χ1) is 10.1. The lowest BCUT2D eigenvalue weighted by Crippen LogP contribution is -2.47. The quantitative estimate of drug-likeness (QED) is 0.838. The van der Waals surface area contributed by atoms with Crippen LogP contribution in [0.25, 0.3) is 0 Å². The van der Waals surface area contributed by atoms with Crippen LogP contribution in [0.5, 0.6) is 0 Å². The van der Waals surface area contributed by atoms with E-state index < -0.39 is 18.1 Å². The summed E-state index contributed by atoms with van der Waals surface area (Å²) in [6.45, 7) is 2.49. The number of carbonyl (C=O) groups is 2. The second kappa shape index (κ2) is 7.11. The summed E-state index contributed by atoms with van der Waals surface area (Å²) in [5, 5.41) is 9.37. The average molecular weight is 291 g/mol. The molecule has 1 unspecified atom stereocenters. The zero-order chi connectivity index (χ0) is 15.2. The second-order valence-corrected chi connectivity index (χ2v) is 5.35. The van der Waals surface area contributed by atoms with Gasteiger partial charge in [0.2, 0.25) is 0 Å². The third kappa shape index (κ3) is 4.21. The Hall–Kier alpha value is -2.04. The second-order valence-electron chi connectivity index (χ2n) is 5.35. The molecule has 1 saturated carbocycles. The number of benzene rings is 1. The monoisotopic (exact) mass is 291 g/mol. The van der Waals surface area contributed by atoms with Gasteiger partial charge < -0.3 is 9.84 Å². The van der Waals surface area contributed by atoms with Crippen molar-refractivity contribution in [3.63, 3.8) is 0 Å². The van der Waals surface area contributed by atoms with Crippen molar-refractivity contribution in [2.24, 2.45) is 5.92 Å². The normalized spacial score (nSPS) is 15.3. The molecule has 0 radical (unpaired) electrons. The summed E-state index contributed by atoms with van der Waals surface area (Å²) < 4.78 is 5.28. The van der Waals surface area contributed by atoms with E-state index in [0.717, 1.165) is 18.4 Å². The van der Waals surface area contributed by atoms with Crippen LogP contribution >= 0.6 is 0 Å². The molecular weight excluding hydrogens is 270 g/mol. The molecule has 0 aliphatic heterocycles. The van der Waals surface area contributed by atoms with Gasteiger partial charge in [-0.25, -0.2) is 9.59 Å². The summed E-state index contributed by atoms with van der Waals surface area (Å²) in [4.78, 5) is 25.0. The van der Waals surface area contributed by atoms with E-state index >= 15 is 0 Å². The van der Waals surface area contributed by atoms with Crippen molar-refractivity contribution in [1.82, 2.24) is 4.90 Å². The van der Waals surface area contributed by atoms with Gasteiger partial charge in [-0.05, 0) is 30.7 Å². The Morgan fingerprint density at radius 1 is 1.33 bits per heavy atom. The maximum absolute atomic E-state index is 12.2. The van der Waals surface area contributed by atoms with Gasteiger partial charge >= 0.3 is 12.1 Å². The predicted octanol–water partition coefficient (Wildman–Crippen LogP) is 2.90. The topological polar surface area (TPSA) is 66.8 Å². The molecule has 1 atom stereocenters. The predicted molar refractivity (Wildman–Crippen MR) is 77.8 cm³/mol. The molecule has 1 aliphatic carbocycles. The molecule has 1 amide bonds. The summed E-state index contributed by atoms with van der Waals surface area (Å²) in [6.07, 6.45) is 1.89. The number of hydrogen-bond acceptors (Lipinski definition) is 3. The van der Waals surface area contributed by atoms with Gasteiger partial charge in [-0.15, -0.1) is 0 Å². The van der Waals surface area contributed by atoms with Crippen LogP contribution in [0.2, 0.25) is 0 Å². The molecule has 21 heavy (non-hydrogen) atoms. The minimum Gasteiger partial charge on any atom is -0.480 e. The Kier molecular flexibility index (Phi) is 5.20. The number of carboxylic acid groups (broad SMARTS) is 1. The minimum absolute atomic E-state index is 0.0679. The Morgan fingerprint density at radius 2 is 2.00 bits per heavy atom. The van der Waals surface area contributed by atoms with Crippen LogP contribution in [0.1, 0.15) is 31.7 Å². The fourth-order valence-electron chi connectivity index (χ4n) is 2.39. The van der Waals surface area contributed by atoms with Crippen molar-refractivity contribution in [1.29, 1.82) is 0 Å². The number of carboxylic acids is 1. The number of aliphatic carboxylic acids is 1. The summed E-state index contributed by atoms with van der Waals surface area (Å²) in [7, 11) is 0. The highest BCUT2D eigenvalue weighted by atomic mass is 16.6. The van der Waals surface area contributed by atoms with E-state index in [1.807, 2.05) is 37.3 Å². The molecule has 1 N–H and O–H groups in total. The molecule has 0 bridgehead atoms. The lowest BCUT2D eigenvalue weighted by atomic mass is 10.1. The Morgan fingerprint density at radius 3 is 2.52 bits per heavy atom. The van der Waals surface area contributed by atoms with Crippen molar-refractivity contribution in [2.45, 2.75) is 38.8 Å². The molecule has 0 heterocycles. The van der Waals surface area contributed by atoms with Crippen LogP contribution in [0.3, 0.4) is 0 Å². The van der Waals surface area contributed by atoms with E-state index in [1.165, 1.54) is 4.90 Å². The van der Waals surface area contributed by atoms with Gasteiger partial charge in [-0.3, -0.25) is 4.90 Å². The number of hydrogen-bond donors (Lipinski definition) is 1. The average Bonchev–Trinajstić information content (AvgIpc) is 3.29. The summed E-state index contributed by atoms with van der Waals surface area (Å²) >= 11 is 0. The van der Waals surface area contributed by atoms with Gasteiger partial charge in [-0.2, -0.15) is 0 Å². The van der Waals surface area contributed by atoms with E-state index in [1.54, 1.807) is 0 Å². The SMILES string of the molecule is CCCN(C(=O)OCc1ccccc1)C(C(=O)O)C1CC1. The third-order valence-corrected chi connectivity index (χ3v) is 3.56. The lowest BCUT2D eigenvalue weighted by molar-refractivity contribution is -0.143. The lowest BCUT2D eigenvalue weighted by Gasteiger charge is -2.28. The van der Waals surface area contributed by atoms with Crippen LogP contribution in [0.15, 0.2) is 30.3 Å². The van der Waals surface area contributed by atoms with Gasteiger partial charge in [0.15, 0.2) is 0 Å². The van der Waals surface area contributed by atoms with Gasteiger partial charge in [-0.1, -0.05) is 37.3 Å². The van der Waals surface area contributed by atoms with Crippen molar-refractivity contribution in [3.05, 3.63) is 35.9 Å². The minimum atomic E-state index is -0.942. The van der Waals surface area contributed by atoms with Gasteiger partial charge in [0.05, 0.1) is 0 Å². The third-order valence-electron chi connectivity index (χ3n) is 3.56. The van der Waals surface area contributed by atoms with Crippen molar-refractivity contribution < 1.29 is 19.4 Å². The Bertz CT molecular complexity index is 484. The van der Waals surface area contributed by atoms with Crippen LogP contribution < -0.4 is 0 Å². The maximum Gasteiger partial charge on any atom is 0.410 e. The Balaban J connectivity index is 1.99. The number of nitrogens with zero attached hydrogens (tertiary/aromatic N) is 1. The highest BCUT2D eigenvalue weighted by Crippen LogP contribution is 2.36. The molecule has 1 aliphatic rings. The van der Waals surface area contributed by atoms with Crippen molar-refractivity contribution in [2.75, 3.05) is 6.54 Å². The van der Waals surface area contributed by atoms with Crippen LogP contribution in [0, 0.1) is 5.92 Å². The number of ether oxygens (including phenoxy) is 1. The molecule has 5 heteroatoms. The fourth-order valence-corrected chi connectivity index (χ4v) is 2.39. The van der Waals surface area contributed by atoms with E-state index in [0.29, 0.717) is 13.0 Å². The fraction of sp³-hybridized carbons (Fsp3) is 0.500. The molecule has 0 aromatic heterocycles. The van der Waals surface area contributed by atoms with Crippen LogP contribution in [0.4, 0.5) is 4.79 Å². The smallest absolute Gasteiger partial charge is 0.410 e. The summed E-state index contributed by atoms with van der Waals surface area (Å²) in [5.74, 6) is -0.874. The van der Waals surface area contributed by atoms with E-state index in [-0.39, 0.29) is 12.5 Å². The number of amides is 1.